The Kier molecular flexibility index (Phi) is 4.61. The Labute approximate surface area is 208 Å². The van der Waals surface area contributed by atoms with Crippen molar-refractivity contribution in [3.63, 3.8) is 0 Å². The van der Waals surface area contributed by atoms with Crippen molar-refractivity contribution in [1.82, 2.24) is 30.1 Å². The molecule has 2 aliphatic rings. The van der Waals surface area contributed by atoms with Gasteiger partial charge in [-0.3, -0.25) is 10.1 Å². The molecule has 0 spiro atoms. The molecule has 0 radical (unpaired) electrons. The van der Waals surface area contributed by atoms with Crippen LogP contribution in [0.5, 0.6) is 0 Å². The third-order valence-corrected chi connectivity index (χ3v) is 8.96. The summed E-state index contributed by atoms with van der Waals surface area (Å²) in [6, 6.07) is 6.74. The van der Waals surface area contributed by atoms with Gasteiger partial charge >= 0.3 is 0 Å². The highest BCUT2D eigenvalue weighted by Crippen LogP contribution is 2.63. The summed E-state index contributed by atoms with van der Waals surface area (Å²) in [5, 5.41) is 11.6. The van der Waals surface area contributed by atoms with Gasteiger partial charge in [-0.05, 0) is 36.5 Å². The van der Waals surface area contributed by atoms with Crippen molar-refractivity contribution >= 4 is 50.8 Å². The number of hydrogen-bond acceptors (Lipinski definition) is 8. The lowest BCUT2D eigenvalue weighted by molar-refractivity contribution is 0.545. The molecular formula is C24H20ClFN8S. The topological polar surface area (TPSA) is 110 Å². The number of nitrogens with zero attached hydrogens (tertiary/aromatic N) is 6. The van der Waals surface area contributed by atoms with Crippen LogP contribution in [0.4, 0.5) is 10.2 Å². The Morgan fingerprint density at radius 1 is 1.20 bits per heavy atom. The maximum Gasteiger partial charge on any atom is 0.177 e. The fourth-order valence-electron chi connectivity index (χ4n) is 5.84. The van der Waals surface area contributed by atoms with E-state index in [-0.39, 0.29) is 11.2 Å². The van der Waals surface area contributed by atoms with Crippen LogP contribution in [0.1, 0.15) is 11.4 Å². The van der Waals surface area contributed by atoms with Gasteiger partial charge in [0.25, 0.3) is 0 Å². The number of fused-ring (bicyclic) bond motifs is 3. The summed E-state index contributed by atoms with van der Waals surface area (Å²) in [7, 11) is 0. The maximum atomic E-state index is 14.3. The van der Waals surface area contributed by atoms with E-state index in [0.29, 0.717) is 51.3 Å². The number of hydrogen-bond donors (Lipinski definition) is 2. The van der Waals surface area contributed by atoms with Crippen LogP contribution in [-0.2, 0) is 5.41 Å². The maximum absolute atomic E-state index is 14.3. The third kappa shape index (κ3) is 3.03. The Bertz CT molecular complexity index is 1600. The van der Waals surface area contributed by atoms with E-state index in [1.54, 1.807) is 35.9 Å². The number of aromatic nitrogens is 6. The molecule has 0 amide bonds. The van der Waals surface area contributed by atoms with E-state index < -0.39 is 0 Å². The summed E-state index contributed by atoms with van der Waals surface area (Å²) >= 11 is 7.71. The predicted molar refractivity (Wildman–Crippen MR) is 134 cm³/mol. The second kappa shape index (κ2) is 7.64. The van der Waals surface area contributed by atoms with Crippen LogP contribution < -0.4 is 10.6 Å². The van der Waals surface area contributed by atoms with Gasteiger partial charge in [-0.25, -0.2) is 19.3 Å². The first-order valence-electron chi connectivity index (χ1n) is 11.4. The van der Waals surface area contributed by atoms with Crippen molar-refractivity contribution in [1.29, 1.82) is 0 Å². The number of benzene rings is 1. The third-order valence-electron chi connectivity index (χ3n) is 7.60. The van der Waals surface area contributed by atoms with Gasteiger partial charge in [-0.2, -0.15) is 5.10 Å². The minimum absolute atomic E-state index is 0.0943. The van der Waals surface area contributed by atoms with E-state index in [2.05, 4.69) is 25.1 Å². The molecule has 3 N–H and O–H groups in total. The molecule has 3 unspecified atom stereocenters. The quantitative estimate of drug-likeness (QED) is 0.376. The molecule has 1 saturated carbocycles. The smallest absolute Gasteiger partial charge is 0.177 e. The lowest BCUT2D eigenvalue weighted by atomic mass is 10.0. The van der Waals surface area contributed by atoms with Crippen molar-refractivity contribution in [2.75, 3.05) is 24.5 Å². The van der Waals surface area contributed by atoms with Crippen molar-refractivity contribution in [2.45, 2.75) is 11.8 Å². The molecule has 2 fully saturated rings. The van der Waals surface area contributed by atoms with Gasteiger partial charge in [0.15, 0.2) is 5.65 Å². The van der Waals surface area contributed by atoms with Gasteiger partial charge in [0.1, 0.15) is 38.5 Å². The van der Waals surface area contributed by atoms with Crippen LogP contribution in [0.25, 0.3) is 33.3 Å². The number of halogens is 2. The molecule has 1 aromatic carbocycles. The summed E-state index contributed by atoms with van der Waals surface area (Å²) in [5.74, 6) is 1.36. The zero-order valence-corrected chi connectivity index (χ0v) is 20.0. The number of rotatable bonds is 4. The fourth-order valence-corrected chi connectivity index (χ4v) is 7.12. The summed E-state index contributed by atoms with van der Waals surface area (Å²) in [6.07, 6.45) is 4.38. The Morgan fingerprint density at radius 3 is 2.94 bits per heavy atom. The lowest BCUT2D eigenvalue weighted by Gasteiger charge is -2.26. The van der Waals surface area contributed by atoms with Crippen LogP contribution in [-0.4, -0.2) is 49.8 Å². The first-order valence-corrected chi connectivity index (χ1v) is 12.7. The van der Waals surface area contributed by atoms with E-state index in [1.807, 2.05) is 11.4 Å². The minimum atomic E-state index is -0.366. The summed E-state index contributed by atoms with van der Waals surface area (Å²) in [4.78, 5) is 20.5. The molecule has 1 aliphatic carbocycles. The molecule has 8 nitrogen and oxygen atoms in total. The van der Waals surface area contributed by atoms with Gasteiger partial charge in [-0.15, -0.1) is 11.3 Å². The molecule has 0 bridgehead atoms. The lowest BCUT2D eigenvalue weighted by Crippen LogP contribution is -2.32. The van der Waals surface area contributed by atoms with Crippen LogP contribution in [0.3, 0.4) is 0 Å². The zero-order valence-electron chi connectivity index (χ0n) is 18.4. The predicted octanol–water partition coefficient (Wildman–Crippen LogP) is 4.17. The number of thiazole rings is 1. The average Bonchev–Trinajstić information content (AvgIpc) is 3.13. The number of aromatic amines is 1. The van der Waals surface area contributed by atoms with Crippen LogP contribution >= 0.6 is 22.9 Å². The molecule has 3 atom stereocenters. The molecule has 176 valence electrons. The number of anilines is 1. The molecule has 1 aliphatic heterocycles. The second-order valence-corrected chi connectivity index (χ2v) is 10.4. The van der Waals surface area contributed by atoms with Crippen molar-refractivity contribution in [3.05, 3.63) is 58.0 Å². The van der Waals surface area contributed by atoms with E-state index in [4.69, 9.17) is 27.3 Å². The number of nitrogens with two attached hydrogens (primary N) is 1. The highest BCUT2D eigenvalue weighted by molar-refractivity contribution is 7.10. The van der Waals surface area contributed by atoms with E-state index >= 15 is 0 Å². The Hall–Kier alpha value is -3.21. The number of nitrogens with one attached hydrogen (secondary N) is 1. The summed E-state index contributed by atoms with van der Waals surface area (Å²) < 4.78 is 14.3. The van der Waals surface area contributed by atoms with Gasteiger partial charge in [0.2, 0.25) is 0 Å². The average molecular weight is 507 g/mol. The van der Waals surface area contributed by atoms with E-state index in [9.17, 15) is 4.39 Å². The van der Waals surface area contributed by atoms with Crippen LogP contribution in [0.2, 0.25) is 5.15 Å². The van der Waals surface area contributed by atoms with E-state index in [0.717, 1.165) is 35.9 Å². The highest BCUT2D eigenvalue weighted by Gasteiger charge is 2.67. The van der Waals surface area contributed by atoms with Crippen molar-refractivity contribution in [3.8, 4) is 11.3 Å². The molecule has 4 aromatic heterocycles. The van der Waals surface area contributed by atoms with Crippen LogP contribution in [0.15, 0.2) is 42.0 Å². The molecular weight excluding hydrogens is 487 g/mol. The van der Waals surface area contributed by atoms with Crippen molar-refractivity contribution in [2.24, 2.45) is 17.6 Å². The molecule has 7 rings (SSSR count). The van der Waals surface area contributed by atoms with Gasteiger partial charge < -0.3 is 10.6 Å². The fraction of sp³-hybridized carbons (Fsp3) is 0.292. The summed E-state index contributed by atoms with van der Waals surface area (Å²) in [5.41, 5.74) is 9.10. The minimum Gasteiger partial charge on any atom is -0.355 e. The molecule has 5 aromatic rings. The summed E-state index contributed by atoms with van der Waals surface area (Å²) in [6.45, 7) is 2.28. The first kappa shape index (κ1) is 21.1. The molecule has 11 heteroatoms. The Balaban J connectivity index is 1.21. The zero-order chi connectivity index (χ0) is 23.7. The van der Waals surface area contributed by atoms with Gasteiger partial charge in [0.05, 0.1) is 6.20 Å². The second-order valence-electron chi connectivity index (χ2n) is 9.16. The van der Waals surface area contributed by atoms with E-state index in [1.165, 1.54) is 6.07 Å². The highest BCUT2D eigenvalue weighted by atomic mass is 35.5. The molecule has 1 saturated heterocycles. The number of pyridine rings is 1. The SMILES string of the molecule is NCC1(c2nc(Cl)cs2)C2CCN(c3cnc4c(-c5ccc(F)c6ncccc56)n[nH]c4n3)CC21. The first-order chi connectivity index (χ1) is 17.1. The number of H-pyrrole nitrogens is 1. The standard InChI is InChI=1S/C24H20ClFN8S/c25-17-10-35-23(30-17)24(11-27)14-5-7-34(9-15(14)24)18-8-29-21-20(32-33-22(21)31-18)13-3-4-16(26)19-12(13)2-1-6-28-19/h1-4,6,8,10,14-15H,5,7,9,11,27H2,(H,31,32,33). The van der Waals surface area contributed by atoms with Crippen molar-refractivity contribution < 1.29 is 4.39 Å². The normalized spacial score (nSPS) is 23.7. The largest absolute Gasteiger partial charge is 0.355 e. The molecule has 35 heavy (non-hydrogen) atoms. The monoisotopic (exact) mass is 506 g/mol. The number of piperidine rings is 1. The Morgan fingerprint density at radius 2 is 2.11 bits per heavy atom. The van der Waals surface area contributed by atoms with Gasteiger partial charge in [-0.1, -0.05) is 17.7 Å². The van der Waals surface area contributed by atoms with Crippen LogP contribution in [0, 0.1) is 17.7 Å². The van der Waals surface area contributed by atoms with Gasteiger partial charge in [0, 0.05) is 47.6 Å². The molecule has 5 heterocycles.